The molecule has 2 heterocycles. The highest BCUT2D eigenvalue weighted by Gasteiger charge is 2.42. The first-order valence-electron chi connectivity index (χ1n) is 9.39. The molecule has 0 saturated heterocycles. The number of carbonyl (C=O) groups is 3. The fourth-order valence-corrected chi connectivity index (χ4v) is 5.24. The topological polar surface area (TPSA) is 92.7 Å². The number of benzene rings is 1. The van der Waals surface area contributed by atoms with Gasteiger partial charge in [-0.2, -0.15) is 0 Å². The first-order chi connectivity index (χ1) is 13.8. The van der Waals surface area contributed by atoms with Gasteiger partial charge < -0.3 is 15.2 Å². The number of carboxylic acids is 1. The first-order valence-corrected chi connectivity index (χ1v) is 10.3. The zero-order valence-corrected chi connectivity index (χ0v) is 17.2. The SMILES string of the molecule is COC(=O)C1=C(C2CC2)NC(C)=C(C(C)=O)C1c1csc2c(C(=O)O)cccc12. The van der Waals surface area contributed by atoms with Crippen LogP contribution in [0.1, 0.15) is 48.5 Å². The smallest absolute Gasteiger partial charge is 0.337 e. The van der Waals surface area contributed by atoms with Crippen LogP contribution in [0.15, 0.2) is 46.1 Å². The maximum absolute atomic E-state index is 12.9. The molecule has 1 unspecified atom stereocenters. The van der Waals surface area contributed by atoms with E-state index >= 15 is 0 Å². The van der Waals surface area contributed by atoms with E-state index in [1.807, 2.05) is 18.4 Å². The zero-order chi connectivity index (χ0) is 20.9. The number of allylic oxidation sites excluding steroid dienone is 3. The van der Waals surface area contributed by atoms with Crippen molar-refractivity contribution in [2.45, 2.75) is 32.6 Å². The van der Waals surface area contributed by atoms with Crippen molar-refractivity contribution >= 4 is 39.1 Å². The number of rotatable bonds is 5. The Morgan fingerprint density at radius 1 is 1.21 bits per heavy atom. The summed E-state index contributed by atoms with van der Waals surface area (Å²) in [4.78, 5) is 37.1. The minimum absolute atomic E-state index is 0.134. The van der Waals surface area contributed by atoms with E-state index in [9.17, 15) is 19.5 Å². The summed E-state index contributed by atoms with van der Waals surface area (Å²) in [6, 6.07) is 5.10. The van der Waals surface area contributed by atoms with Gasteiger partial charge in [-0.25, -0.2) is 9.59 Å². The van der Waals surface area contributed by atoms with Crippen LogP contribution in [0.25, 0.3) is 10.1 Å². The number of ketones is 1. The molecule has 1 aromatic carbocycles. The Morgan fingerprint density at radius 3 is 2.52 bits per heavy atom. The van der Waals surface area contributed by atoms with Gasteiger partial charge in [-0.15, -0.1) is 11.3 Å². The molecule has 0 spiro atoms. The maximum atomic E-state index is 12.9. The van der Waals surface area contributed by atoms with E-state index in [1.54, 1.807) is 12.1 Å². The second-order valence-corrected chi connectivity index (χ2v) is 8.30. The summed E-state index contributed by atoms with van der Waals surface area (Å²) < 4.78 is 5.73. The first kappa shape index (κ1) is 19.4. The quantitative estimate of drug-likeness (QED) is 0.723. The van der Waals surface area contributed by atoms with Crippen LogP contribution in [0.5, 0.6) is 0 Å². The Labute approximate surface area is 171 Å². The van der Waals surface area contributed by atoms with Crippen molar-refractivity contribution in [1.29, 1.82) is 0 Å². The van der Waals surface area contributed by atoms with Crippen LogP contribution in [0.4, 0.5) is 0 Å². The molecule has 1 atom stereocenters. The number of Topliss-reactive ketones (excluding diaryl/α,β-unsaturated/α-hetero) is 1. The molecule has 0 bridgehead atoms. The summed E-state index contributed by atoms with van der Waals surface area (Å²) >= 11 is 1.31. The van der Waals surface area contributed by atoms with Gasteiger partial charge in [0, 0.05) is 27.6 Å². The lowest BCUT2D eigenvalue weighted by atomic mass is 9.78. The minimum atomic E-state index is -1.00. The number of hydrogen-bond acceptors (Lipinski definition) is 6. The third-order valence-electron chi connectivity index (χ3n) is 5.54. The summed E-state index contributed by atoms with van der Waals surface area (Å²) in [5.74, 6) is -1.95. The van der Waals surface area contributed by atoms with Gasteiger partial charge in [-0.3, -0.25) is 4.79 Å². The van der Waals surface area contributed by atoms with E-state index in [0.29, 0.717) is 15.8 Å². The van der Waals surface area contributed by atoms with Gasteiger partial charge in [-0.05, 0) is 55.0 Å². The monoisotopic (exact) mass is 411 g/mol. The Kier molecular flexibility index (Phi) is 4.78. The summed E-state index contributed by atoms with van der Waals surface area (Å²) in [6.45, 7) is 3.33. The molecule has 7 heteroatoms. The molecular formula is C22H21NO5S. The molecule has 4 rings (SSSR count). The average molecular weight is 411 g/mol. The molecule has 29 heavy (non-hydrogen) atoms. The normalized spacial score (nSPS) is 19.3. The van der Waals surface area contributed by atoms with Gasteiger partial charge in [0.25, 0.3) is 0 Å². The highest BCUT2D eigenvalue weighted by molar-refractivity contribution is 7.17. The fourth-order valence-electron chi connectivity index (χ4n) is 4.13. The van der Waals surface area contributed by atoms with E-state index in [2.05, 4.69) is 5.32 Å². The van der Waals surface area contributed by atoms with Crippen molar-refractivity contribution in [3.8, 4) is 0 Å². The number of esters is 1. The number of dihydropyridines is 1. The van der Waals surface area contributed by atoms with Gasteiger partial charge in [0.05, 0.1) is 18.2 Å². The number of hydrogen-bond donors (Lipinski definition) is 2. The predicted octanol–water partition coefficient (Wildman–Crippen LogP) is 3.99. The molecule has 1 aliphatic carbocycles. The van der Waals surface area contributed by atoms with Gasteiger partial charge in [0.1, 0.15) is 0 Å². The lowest BCUT2D eigenvalue weighted by molar-refractivity contribution is -0.136. The predicted molar refractivity (Wildman–Crippen MR) is 110 cm³/mol. The summed E-state index contributed by atoms with van der Waals surface area (Å²) in [5, 5.41) is 15.4. The highest BCUT2D eigenvalue weighted by atomic mass is 32.1. The Balaban J connectivity index is 2.01. The Morgan fingerprint density at radius 2 is 1.93 bits per heavy atom. The van der Waals surface area contributed by atoms with Crippen LogP contribution in [-0.2, 0) is 14.3 Å². The van der Waals surface area contributed by atoms with Crippen LogP contribution < -0.4 is 5.32 Å². The third kappa shape index (κ3) is 3.15. The molecule has 150 valence electrons. The lowest BCUT2D eigenvalue weighted by Crippen LogP contribution is -2.32. The number of carbonyl (C=O) groups excluding carboxylic acids is 2. The molecule has 2 N–H and O–H groups in total. The van der Waals surface area contributed by atoms with E-state index in [1.165, 1.54) is 25.4 Å². The van der Waals surface area contributed by atoms with Crippen molar-refractivity contribution in [3.05, 3.63) is 57.2 Å². The standard InChI is InChI=1S/C22H21NO5S/c1-10-16(11(2)24)17(18(22(27)28-3)19(23-10)12-7-8-12)15-9-29-20-13(15)5-4-6-14(20)21(25)26/h4-6,9,12,17,23H,7-8H2,1-3H3,(H,25,26). The number of ether oxygens (including phenoxy) is 1. The van der Waals surface area contributed by atoms with Gasteiger partial charge in [-0.1, -0.05) is 12.1 Å². The third-order valence-corrected chi connectivity index (χ3v) is 6.58. The van der Waals surface area contributed by atoms with Crippen LogP contribution in [-0.4, -0.2) is 29.9 Å². The highest BCUT2D eigenvalue weighted by Crippen LogP contribution is 2.48. The second-order valence-electron chi connectivity index (χ2n) is 7.42. The molecule has 2 aliphatic rings. The zero-order valence-electron chi connectivity index (χ0n) is 16.4. The van der Waals surface area contributed by atoms with E-state index < -0.39 is 17.9 Å². The molecule has 1 fully saturated rings. The number of methoxy groups -OCH3 is 1. The van der Waals surface area contributed by atoms with Crippen LogP contribution in [0, 0.1) is 5.92 Å². The van der Waals surface area contributed by atoms with Crippen molar-refractivity contribution in [1.82, 2.24) is 5.32 Å². The molecule has 0 radical (unpaired) electrons. The van der Waals surface area contributed by atoms with Crippen molar-refractivity contribution < 1.29 is 24.2 Å². The van der Waals surface area contributed by atoms with Crippen LogP contribution in [0.3, 0.4) is 0 Å². The van der Waals surface area contributed by atoms with E-state index in [0.717, 1.165) is 35.2 Å². The number of thiophene rings is 1. The van der Waals surface area contributed by atoms with Gasteiger partial charge >= 0.3 is 11.9 Å². The second kappa shape index (κ2) is 7.15. The van der Waals surface area contributed by atoms with Crippen molar-refractivity contribution in [3.63, 3.8) is 0 Å². The number of nitrogens with one attached hydrogen (secondary N) is 1. The van der Waals surface area contributed by atoms with Crippen molar-refractivity contribution in [2.24, 2.45) is 5.92 Å². The largest absolute Gasteiger partial charge is 0.478 e. The fraction of sp³-hybridized carbons (Fsp3) is 0.318. The van der Waals surface area contributed by atoms with Crippen LogP contribution >= 0.6 is 11.3 Å². The van der Waals surface area contributed by atoms with E-state index in [4.69, 9.17) is 4.74 Å². The summed E-state index contributed by atoms with van der Waals surface area (Å²) in [6.07, 6.45) is 1.96. The molecule has 0 amide bonds. The number of fused-ring (bicyclic) bond motifs is 1. The van der Waals surface area contributed by atoms with Gasteiger partial charge in [0.15, 0.2) is 5.78 Å². The Bertz CT molecular complexity index is 1120. The average Bonchev–Trinajstić information content (AvgIpc) is 3.44. The van der Waals surface area contributed by atoms with Crippen molar-refractivity contribution in [2.75, 3.05) is 7.11 Å². The molecule has 2 aromatic rings. The molecule has 1 saturated carbocycles. The van der Waals surface area contributed by atoms with Gasteiger partial charge in [0.2, 0.25) is 0 Å². The lowest BCUT2D eigenvalue weighted by Gasteiger charge is -2.31. The molecule has 6 nitrogen and oxygen atoms in total. The number of aromatic carboxylic acids is 1. The summed E-state index contributed by atoms with van der Waals surface area (Å²) in [5.41, 5.74) is 3.48. The van der Waals surface area contributed by atoms with E-state index in [-0.39, 0.29) is 17.3 Å². The molecular weight excluding hydrogens is 390 g/mol. The Hall–Kier alpha value is -2.93. The molecule has 1 aliphatic heterocycles. The number of carboxylic acid groups (broad SMARTS) is 1. The molecule has 1 aromatic heterocycles. The minimum Gasteiger partial charge on any atom is -0.478 e. The maximum Gasteiger partial charge on any atom is 0.337 e. The summed E-state index contributed by atoms with van der Waals surface area (Å²) in [7, 11) is 1.34. The van der Waals surface area contributed by atoms with Crippen LogP contribution in [0.2, 0.25) is 0 Å².